The van der Waals surface area contributed by atoms with Gasteiger partial charge in [-0.25, -0.2) is 4.99 Å². The number of rotatable bonds is 7. The van der Waals surface area contributed by atoms with Gasteiger partial charge < -0.3 is 14.8 Å². The van der Waals surface area contributed by atoms with E-state index in [4.69, 9.17) is 4.99 Å². The molecule has 2 aromatic heterocycles. The molecular formula is C35H30N6O2S+. The van der Waals surface area contributed by atoms with E-state index in [2.05, 4.69) is 50.4 Å². The van der Waals surface area contributed by atoms with Crippen molar-refractivity contribution in [3.8, 4) is 17.2 Å². The van der Waals surface area contributed by atoms with Crippen molar-refractivity contribution in [2.24, 2.45) is 10.1 Å². The minimum atomic E-state index is 0.108. The molecule has 0 atom stereocenters. The fourth-order valence-electron chi connectivity index (χ4n) is 5.66. The zero-order valence-electron chi connectivity index (χ0n) is 24.3. The molecular weight excluding hydrogens is 568 g/mol. The van der Waals surface area contributed by atoms with Gasteiger partial charge in [-0.2, -0.15) is 0 Å². The smallest absolute Gasteiger partial charge is 0.275 e. The zero-order valence-corrected chi connectivity index (χ0v) is 25.1. The van der Waals surface area contributed by atoms with Gasteiger partial charge >= 0.3 is 0 Å². The topological polar surface area (TPSA) is 93.0 Å². The molecule has 0 unspecified atom stereocenters. The van der Waals surface area contributed by atoms with Crippen molar-refractivity contribution in [2.45, 2.75) is 26.9 Å². The Morgan fingerprint density at radius 1 is 0.750 bits per heavy atom. The van der Waals surface area contributed by atoms with Crippen molar-refractivity contribution in [1.29, 1.82) is 0 Å². The summed E-state index contributed by atoms with van der Waals surface area (Å²) < 4.78 is 6.48. The van der Waals surface area contributed by atoms with Gasteiger partial charge in [-0.1, -0.05) is 94.9 Å². The second-order valence-electron chi connectivity index (χ2n) is 10.3. The Kier molecular flexibility index (Phi) is 7.07. The van der Waals surface area contributed by atoms with Crippen molar-refractivity contribution >= 4 is 60.8 Å². The standard InChI is InChI=1S/C35H29N6O2S/c1-3-39-31-30(22-36-28-20-18-23-12-8-10-16-26(23)32(28)42)40(4-2)41(25-14-6-5-7-15-25)34(31)44-35(39)38-37-29-21-19-24-13-9-11-17-27(24)33(29)43/h5-22,43H,3-4H2,1-2H3/p+1. The second-order valence-corrected chi connectivity index (χ2v) is 11.3. The Morgan fingerprint density at radius 3 is 2.02 bits per heavy atom. The first-order valence-electron chi connectivity index (χ1n) is 14.5. The van der Waals surface area contributed by atoms with Gasteiger partial charge in [0.2, 0.25) is 4.80 Å². The average molecular weight is 599 g/mol. The first-order valence-corrected chi connectivity index (χ1v) is 15.3. The molecule has 1 radical (unpaired) electrons. The van der Waals surface area contributed by atoms with Crippen molar-refractivity contribution in [3.63, 3.8) is 0 Å². The van der Waals surface area contributed by atoms with E-state index >= 15 is 0 Å². The molecule has 0 amide bonds. The normalized spacial score (nSPS) is 12.3. The first kappa shape index (κ1) is 27.4. The van der Waals surface area contributed by atoms with Crippen molar-refractivity contribution in [2.75, 3.05) is 0 Å². The number of phenols is 2. The van der Waals surface area contributed by atoms with E-state index in [0.717, 1.165) is 43.3 Å². The molecule has 217 valence electrons. The van der Waals surface area contributed by atoms with Crippen LogP contribution in [0.2, 0.25) is 0 Å². The van der Waals surface area contributed by atoms with E-state index in [-0.39, 0.29) is 11.5 Å². The summed E-state index contributed by atoms with van der Waals surface area (Å²) in [5, 5.41) is 30.0. The van der Waals surface area contributed by atoms with Gasteiger partial charge in [-0.15, -0.1) is 15.2 Å². The Morgan fingerprint density at radius 2 is 1.36 bits per heavy atom. The van der Waals surface area contributed by atoms with Crippen molar-refractivity contribution in [1.82, 2.24) is 14.7 Å². The monoisotopic (exact) mass is 598 g/mol. The van der Waals surface area contributed by atoms with Gasteiger partial charge in [0.15, 0.2) is 22.6 Å². The molecule has 0 aliphatic rings. The average Bonchev–Trinajstić information content (AvgIpc) is 3.57. The number of nitrogens with zero attached hydrogens (tertiary/aromatic N) is 6. The van der Waals surface area contributed by atoms with Crippen LogP contribution in [-0.4, -0.2) is 25.7 Å². The summed E-state index contributed by atoms with van der Waals surface area (Å²) in [4.78, 5) is 6.49. The number of hydrogen-bond acceptors (Lipinski definition) is 5. The summed E-state index contributed by atoms with van der Waals surface area (Å²) in [6, 6.07) is 33.1. The SMILES string of the molecule is CCn1c(=N[N]c2ccc3ccccc3c2O)sc2c1c(C=Nc1ccc3ccccc3c1O)[n+](CC)n2-c1ccccc1. The van der Waals surface area contributed by atoms with Crippen LogP contribution in [-0.2, 0) is 13.1 Å². The van der Waals surface area contributed by atoms with E-state index in [0.29, 0.717) is 29.3 Å². The molecule has 7 rings (SSSR count). The third kappa shape index (κ3) is 4.58. The molecule has 0 saturated heterocycles. The molecule has 2 N–H and O–H groups in total. The minimum Gasteiger partial charge on any atom is -0.505 e. The maximum Gasteiger partial charge on any atom is 0.275 e. The van der Waals surface area contributed by atoms with Gasteiger partial charge in [0, 0.05) is 17.3 Å². The largest absolute Gasteiger partial charge is 0.505 e. The van der Waals surface area contributed by atoms with E-state index < -0.39 is 0 Å². The van der Waals surface area contributed by atoms with Gasteiger partial charge in [0.25, 0.3) is 5.69 Å². The molecule has 2 heterocycles. The Labute approximate surface area is 257 Å². The number of fused-ring (bicyclic) bond motifs is 3. The number of para-hydroxylation sites is 1. The maximum absolute atomic E-state index is 11.0. The molecule has 0 saturated carbocycles. The lowest BCUT2D eigenvalue weighted by molar-refractivity contribution is -0.762. The summed E-state index contributed by atoms with van der Waals surface area (Å²) in [6.45, 7) is 5.51. The highest BCUT2D eigenvalue weighted by atomic mass is 32.1. The predicted octanol–water partition coefficient (Wildman–Crippen LogP) is 7.04. The lowest BCUT2D eigenvalue weighted by Gasteiger charge is -2.05. The van der Waals surface area contributed by atoms with E-state index in [9.17, 15) is 10.2 Å². The van der Waals surface area contributed by atoms with Gasteiger partial charge in [-0.3, -0.25) is 0 Å². The van der Waals surface area contributed by atoms with E-state index in [1.807, 2.05) is 91.1 Å². The van der Waals surface area contributed by atoms with Crippen LogP contribution in [0.25, 0.3) is 37.6 Å². The van der Waals surface area contributed by atoms with Crippen LogP contribution < -0.4 is 14.9 Å². The maximum atomic E-state index is 11.0. The summed E-state index contributed by atoms with van der Waals surface area (Å²) in [5.41, 5.74) is 8.26. The van der Waals surface area contributed by atoms with Gasteiger partial charge in [-0.05, 0) is 48.9 Å². The van der Waals surface area contributed by atoms with Crippen LogP contribution in [0.15, 0.2) is 113 Å². The lowest BCUT2D eigenvalue weighted by Crippen LogP contribution is -2.44. The van der Waals surface area contributed by atoms with Crippen LogP contribution in [0.5, 0.6) is 11.5 Å². The molecule has 5 aromatic carbocycles. The molecule has 9 heteroatoms. The van der Waals surface area contributed by atoms with Crippen LogP contribution >= 0.6 is 11.3 Å². The highest BCUT2D eigenvalue weighted by Crippen LogP contribution is 2.35. The van der Waals surface area contributed by atoms with Gasteiger partial charge in [0.05, 0.1) is 0 Å². The second kappa shape index (κ2) is 11.3. The zero-order chi connectivity index (χ0) is 30.2. The summed E-state index contributed by atoms with van der Waals surface area (Å²) in [5.74, 6) is 0.260. The third-order valence-electron chi connectivity index (χ3n) is 7.79. The highest BCUT2D eigenvalue weighted by Gasteiger charge is 2.29. The minimum absolute atomic E-state index is 0.108. The number of aromatic nitrogens is 3. The molecule has 0 fully saturated rings. The quantitative estimate of drug-likeness (QED) is 0.117. The molecule has 0 spiro atoms. The number of thiazole rings is 1. The third-order valence-corrected chi connectivity index (χ3v) is 8.83. The molecule has 0 aliphatic carbocycles. The van der Waals surface area contributed by atoms with Crippen molar-refractivity contribution < 1.29 is 14.9 Å². The number of phenolic OH excluding ortho intramolecular Hbond substituents is 2. The highest BCUT2D eigenvalue weighted by molar-refractivity contribution is 7.16. The molecule has 7 aromatic rings. The number of aliphatic imine (C=N–C) groups is 1. The Balaban J connectivity index is 1.41. The lowest BCUT2D eigenvalue weighted by atomic mass is 10.1. The predicted molar refractivity (Wildman–Crippen MR) is 177 cm³/mol. The summed E-state index contributed by atoms with van der Waals surface area (Å²) in [6.07, 6.45) is 1.82. The fourth-order valence-corrected chi connectivity index (χ4v) is 6.85. The first-order chi connectivity index (χ1) is 21.6. The summed E-state index contributed by atoms with van der Waals surface area (Å²) in [7, 11) is 0. The Hall–Kier alpha value is -5.41. The van der Waals surface area contributed by atoms with Gasteiger partial charge in [0.1, 0.15) is 29.0 Å². The number of aromatic hydroxyl groups is 2. The molecule has 0 bridgehead atoms. The van der Waals surface area contributed by atoms with Crippen LogP contribution in [0, 0.1) is 0 Å². The number of hydrogen-bond donors (Lipinski definition) is 2. The fraction of sp³-hybridized carbons (Fsp3) is 0.114. The van der Waals surface area contributed by atoms with Crippen LogP contribution in [0.3, 0.4) is 0 Å². The van der Waals surface area contributed by atoms with Crippen molar-refractivity contribution in [3.05, 3.63) is 114 Å². The number of benzene rings is 5. The van der Waals surface area contributed by atoms with E-state index in [1.54, 1.807) is 6.07 Å². The summed E-state index contributed by atoms with van der Waals surface area (Å²) >= 11 is 1.53. The van der Waals surface area contributed by atoms with Crippen LogP contribution in [0.1, 0.15) is 19.5 Å². The molecule has 0 aliphatic heterocycles. The Bertz CT molecular complexity index is 2260. The van der Waals surface area contributed by atoms with Crippen LogP contribution in [0.4, 0.5) is 11.4 Å². The molecule has 44 heavy (non-hydrogen) atoms. The number of aryl methyl sites for hydroxylation is 1. The molecule has 8 nitrogen and oxygen atoms in total. The van der Waals surface area contributed by atoms with E-state index in [1.165, 1.54) is 11.3 Å².